The number of benzene rings is 4. The lowest BCUT2D eigenvalue weighted by molar-refractivity contribution is -0.186. The summed E-state index contributed by atoms with van der Waals surface area (Å²) in [6.45, 7) is 0.832. The van der Waals surface area contributed by atoms with E-state index in [4.69, 9.17) is 15.2 Å². The summed E-state index contributed by atoms with van der Waals surface area (Å²) in [6, 6.07) is 26.1. The van der Waals surface area contributed by atoms with Gasteiger partial charge in [-0.15, -0.1) is 0 Å². The highest BCUT2D eigenvalue weighted by molar-refractivity contribution is 5.91. The Balaban J connectivity index is 1.14. The predicted molar refractivity (Wildman–Crippen MR) is 310 cm³/mol. The van der Waals surface area contributed by atoms with Gasteiger partial charge in [0.05, 0.1) is 32.5 Å². The maximum absolute atomic E-state index is 14.7. The molecule has 4 aromatic rings. The number of rotatable bonds is 29. The number of nitrogens with one attached hydrogen (secondary N) is 4. The lowest BCUT2D eigenvalue weighted by Gasteiger charge is -2.35. The highest BCUT2D eigenvalue weighted by atomic mass is 19.4. The van der Waals surface area contributed by atoms with Crippen molar-refractivity contribution in [2.45, 2.75) is 113 Å². The standard InChI is InChI=1S/C62H80F3N9O10/c1-42(55(70-57(78)54(41-76)68-3)60(81)74-32-12-19-48(74)38-71(33-29-43-14-7-5-8-15-43)58(79)51(66)36-46-25-27-50(83-4)28-26-46)84-35-13-18-45-21-23-47(24-22-45)37-52(69-56(77)53(40-75)67-2)59(80)73-31-11-20-49(73)39-72(61(82)62(63,64)65)34-30-44-16-9-6-10-17-44/h5-10,14-17,21-28,42,48-49,51-55,67-68,75-76H,11-12,19-20,29-41,66H2,1-4H3,(H,69,77)(H,70,78)/t42-,48+,49+,51-,52+,53+,54+,55+/m1/s1. The fourth-order valence-corrected chi connectivity index (χ4v) is 10.5. The second kappa shape index (κ2) is 32.6. The van der Waals surface area contributed by atoms with Crippen LogP contribution in [-0.2, 0) is 59.2 Å². The van der Waals surface area contributed by atoms with Crippen LogP contribution in [0.15, 0.2) is 109 Å². The van der Waals surface area contributed by atoms with Crippen LogP contribution >= 0.6 is 0 Å². The third-order valence-electron chi connectivity index (χ3n) is 15.4. The predicted octanol–water partition coefficient (Wildman–Crippen LogP) is 2.38. The number of nitrogens with two attached hydrogens (primary N) is 1. The molecule has 2 heterocycles. The highest BCUT2D eigenvalue weighted by Gasteiger charge is 2.45. The number of likely N-dealkylation sites (N-methyl/N-ethyl adjacent to an activating group) is 2. The summed E-state index contributed by atoms with van der Waals surface area (Å²) in [5, 5.41) is 30.8. The maximum Gasteiger partial charge on any atom is 0.471 e. The Labute approximate surface area is 489 Å². The molecule has 2 aliphatic rings. The molecule has 6 amide bonds. The molecule has 0 unspecified atom stereocenters. The number of carbonyl (C=O) groups is 6. The smallest absolute Gasteiger partial charge is 0.471 e. The van der Waals surface area contributed by atoms with Crippen LogP contribution in [0, 0.1) is 11.8 Å². The van der Waals surface area contributed by atoms with Crippen LogP contribution < -0.4 is 31.7 Å². The molecule has 0 aliphatic carbocycles. The topological polar surface area (TPSA) is 248 Å². The van der Waals surface area contributed by atoms with E-state index in [2.05, 4.69) is 33.1 Å². The van der Waals surface area contributed by atoms with Gasteiger partial charge in [0, 0.05) is 63.3 Å². The monoisotopic (exact) mass is 1170 g/mol. The molecule has 0 bridgehead atoms. The molecular weight excluding hydrogens is 1090 g/mol. The van der Waals surface area contributed by atoms with E-state index >= 15 is 0 Å². The van der Waals surface area contributed by atoms with Crippen LogP contribution in [-0.4, -0.2) is 200 Å². The number of hydrogen-bond donors (Lipinski definition) is 7. The summed E-state index contributed by atoms with van der Waals surface area (Å²) in [7, 11) is 4.55. The van der Waals surface area contributed by atoms with Gasteiger partial charge in [-0.1, -0.05) is 96.8 Å². The largest absolute Gasteiger partial charge is 0.497 e. The van der Waals surface area contributed by atoms with Gasteiger partial charge in [0.25, 0.3) is 0 Å². The van der Waals surface area contributed by atoms with E-state index in [-0.39, 0.29) is 58.0 Å². The molecule has 22 heteroatoms. The molecule has 84 heavy (non-hydrogen) atoms. The third kappa shape index (κ3) is 19.1. The highest BCUT2D eigenvalue weighted by Crippen LogP contribution is 2.26. The zero-order chi connectivity index (χ0) is 60.8. The quantitative estimate of drug-likeness (QED) is 0.0387. The van der Waals surface area contributed by atoms with Crippen molar-refractivity contribution < 1.29 is 61.6 Å². The molecule has 2 aliphatic heterocycles. The van der Waals surface area contributed by atoms with Gasteiger partial charge in [-0.25, -0.2) is 0 Å². The molecular formula is C62H80F3N9O10. The molecule has 19 nitrogen and oxygen atoms in total. The van der Waals surface area contributed by atoms with Crippen molar-refractivity contribution >= 4 is 35.4 Å². The average molecular weight is 1170 g/mol. The zero-order valence-corrected chi connectivity index (χ0v) is 48.2. The molecule has 4 aromatic carbocycles. The number of aliphatic hydroxyl groups excluding tert-OH is 2. The van der Waals surface area contributed by atoms with Crippen molar-refractivity contribution in [1.29, 1.82) is 0 Å². The summed E-state index contributed by atoms with van der Waals surface area (Å²) >= 11 is 0. The van der Waals surface area contributed by atoms with Crippen molar-refractivity contribution in [3.05, 3.63) is 137 Å². The molecule has 454 valence electrons. The van der Waals surface area contributed by atoms with E-state index in [9.17, 15) is 52.2 Å². The molecule has 0 saturated carbocycles. The number of hydrogen-bond acceptors (Lipinski definition) is 13. The Hall–Kier alpha value is -7.39. The Kier molecular flexibility index (Phi) is 25.5. The number of carbonyl (C=O) groups excluding carboxylic acids is 6. The molecule has 2 saturated heterocycles. The summed E-state index contributed by atoms with van der Waals surface area (Å²) in [5.41, 5.74) is 10.4. The van der Waals surface area contributed by atoms with E-state index in [1.54, 1.807) is 78.4 Å². The minimum Gasteiger partial charge on any atom is -0.497 e. The zero-order valence-electron chi connectivity index (χ0n) is 48.2. The number of aliphatic hydroxyl groups is 2. The Morgan fingerprint density at radius 2 is 1.18 bits per heavy atom. The van der Waals surface area contributed by atoms with Gasteiger partial charge in [-0.3, -0.25) is 28.8 Å². The summed E-state index contributed by atoms with van der Waals surface area (Å²) in [5.74, 6) is 2.10. The second-order valence-corrected chi connectivity index (χ2v) is 21.1. The third-order valence-corrected chi connectivity index (χ3v) is 15.4. The van der Waals surface area contributed by atoms with Crippen LogP contribution in [0.2, 0.25) is 0 Å². The SMILES string of the molecule is CN[C@@H](CO)C(=O)N[C@@H](Cc1ccc(C#CCO[C@H](C)[C@H](NC(=O)[C@H](CO)NC)C(=O)N2CCC[C@H]2CN(CCc2ccccc2)C(=O)[C@H](N)Cc2ccc(OC)cc2)cc1)C(=O)N1CCC[C@H]1CN(CCc1ccccc1)C(=O)C(F)(F)F. The van der Waals surface area contributed by atoms with Crippen LogP contribution in [0.4, 0.5) is 13.2 Å². The van der Waals surface area contributed by atoms with Gasteiger partial charge in [-0.2, -0.15) is 13.2 Å². The van der Waals surface area contributed by atoms with Crippen molar-refractivity contribution in [3.63, 3.8) is 0 Å². The van der Waals surface area contributed by atoms with Crippen LogP contribution in [0.5, 0.6) is 5.75 Å². The minimum absolute atomic E-state index is 0.0347. The number of halogens is 3. The molecule has 6 rings (SSSR count). The number of nitrogens with zero attached hydrogens (tertiary/aromatic N) is 4. The summed E-state index contributed by atoms with van der Waals surface area (Å²) in [4.78, 5) is 88.5. The minimum atomic E-state index is -5.14. The molecule has 8 atom stereocenters. The average Bonchev–Trinajstić information content (AvgIpc) is 4.36. The first-order valence-corrected chi connectivity index (χ1v) is 28.5. The fraction of sp³-hybridized carbons (Fsp3) is 0.484. The first kappa shape index (κ1) is 65.8. The molecule has 0 aromatic heterocycles. The van der Waals surface area contributed by atoms with Gasteiger partial charge >= 0.3 is 12.1 Å². The summed E-state index contributed by atoms with van der Waals surface area (Å²) < 4.78 is 53.2. The normalized spacial score (nSPS) is 17.2. The first-order valence-electron chi connectivity index (χ1n) is 28.5. The van der Waals surface area contributed by atoms with Crippen molar-refractivity contribution in [2.24, 2.45) is 5.73 Å². The van der Waals surface area contributed by atoms with Crippen LogP contribution in [0.3, 0.4) is 0 Å². The van der Waals surface area contributed by atoms with E-state index in [1.165, 1.54) is 19.0 Å². The van der Waals surface area contributed by atoms with Gasteiger partial charge in [0.15, 0.2) is 0 Å². The van der Waals surface area contributed by atoms with E-state index in [0.717, 1.165) is 21.6 Å². The lowest BCUT2D eigenvalue weighted by atomic mass is 10.0. The molecule has 0 spiro atoms. The van der Waals surface area contributed by atoms with E-state index in [0.29, 0.717) is 62.1 Å². The van der Waals surface area contributed by atoms with Crippen molar-refractivity contribution in [2.75, 3.05) is 80.3 Å². The maximum atomic E-state index is 14.7. The van der Waals surface area contributed by atoms with Gasteiger partial charge < -0.3 is 66.3 Å². The number of ether oxygens (including phenoxy) is 2. The second-order valence-electron chi connectivity index (χ2n) is 21.1. The van der Waals surface area contributed by atoms with Gasteiger partial charge in [-0.05, 0) is 112 Å². The van der Waals surface area contributed by atoms with Crippen molar-refractivity contribution in [3.8, 4) is 17.6 Å². The first-order chi connectivity index (χ1) is 40.4. The van der Waals surface area contributed by atoms with E-state index < -0.39 is 97.3 Å². The van der Waals surface area contributed by atoms with Gasteiger partial charge in [0.2, 0.25) is 29.5 Å². The lowest BCUT2D eigenvalue weighted by Crippen LogP contribution is -2.60. The van der Waals surface area contributed by atoms with Gasteiger partial charge in [0.1, 0.15) is 36.5 Å². The Bertz CT molecular complexity index is 2820. The molecule has 0 radical (unpaired) electrons. The van der Waals surface area contributed by atoms with Crippen molar-refractivity contribution in [1.82, 2.24) is 40.9 Å². The Morgan fingerprint density at radius 1 is 0.679 bits per heavy atom. The number of methoxy groups -OCH3 is 1. The van der Waals surface area contributed by atoms with E-state index in [1.807, 2.05) is 54.6 Å². The van der Waals surface area contributed by atoms with Crippen LogP contribution in [0.1, 0.15) is 60.4 Å². The Morgan fingerprint density at radius 3 is 1.70 bits per heavy atom. The molecule has 8 N–H and O–H groups in total. The number of alkyl halides is 3. The molecule has 2 fully saturated rings. The van der Waals surface area contributed by atoms with Crippen LogP contribution in [0.25, 0.3) is 0 Å². The number of likely N-dealkylation sites (tertiary alicyclic amines) is 2. The number of amides is 6. The fourth-order valence-electron chi connectivity index (χ4n) is 10.5. The summed E-state index contributed by atoms with van der Waals surface area (Å²) in [6.07, 6.45) is -3.08.